The Kier molecular flexibility index (Phi) is 4.77. The lowest BCUT2D eigenvalue weighted by Gasteiger charge is -2.28. The topological polar surface area (TPSA) is 59.5 Å². The first-order valence-corrected chi connectivity index (χ1v) is 6.44. The van der Waals surface area contributed by atoms with E-state index in [-0.39, 0.29) is 5.91 Å². The van der Waals surface area contributed by atoms with Gasteiger partial charge in [0.15, 0.2) is 4.67 Å². The van der Waals surface area contributed by atoms with Gasteiger partial charge in [0.05, 0.1) is 12.1 Å². The molecule has 0 aliphatic heterocycles. The number of nitrogens with two attached hydrogens (primary N) is 1. The van der Waals surface area contributed by atoms with Crippen LogP contribution in [0.5, 0.6) is 0 Å². The van der Waals surface area contributed by atoms with Crippen molar-refractivity contribution in [3.63, 3.8) is 0 Å². The van der Waals surface area contributed by atoms with Crippen LogP contribution in [0.4, 0.5) is 0 Å². The number of carbonyl (C=O) groups excluding carboxylic acids is 1. The van der Waals surface area contributed by atoms with Crippen LogP contribution < -0.4 is 5.73 Å². The minimum Gasteiger partial charge on any atom is -0.452 e. The van der Waals surface area contributed by atoms with E-state index in [0.29, 0.717) is 17.6 Å². The normalized spacial score (nSPS) is 14.4. The molecule has 0 bridgehead atoms. The molecule has 1 atom stereocenters. The summed E-state index contributed by atoms with van der Waals surface area (Å²) in [4.78, 5) is 13.7. The van der Waals surface area contributed by atoms with Crippen molar-refractivity contribution in [2.45, 2.75) is 38.8 Å². The molecule has 17 heavy (non-hydrogen) atoms. The first-order valence-electron chi connectivity index (χ1n) is 5.65. The van der Waals surface area contributed by atoms with Gasteiger partial charge in [-0.1, -0.05) is 13.3 Å². The van der Waals surface area contributed by atoms with Gasteiger partial charge in [0.2, 0.25) is 5.91 Å². The van der Waals surface area contributed by atoms with Crippen LogP contribution in [0.3, 0.4) is 0 Å². The molecule has 1 amide bonds. The Morgan fingerprint density at radius 2 is 2.24 bits per heavy atom. The molecule has 0 saturated carbocycles. The third kappa shape index (κ3) is 3.85. The van der Waals surface area contributed by atoms with E-state index in [4.69, 9.17) is 10.2 Å². The summed E-state index contributed by atoms with van der Waals surface area (Å²) in [5.74, 6) is 0.673. The number of hydrogen-bond donors (Lipinski definition) is 1. The monoisotopic (exact) mass is 302 g/mol. The van der Waals surface area contributed by atoms with Crippen molar-refractivity contribution in [1.82, 2.24) is 4.90 Å². The molecule has 0 fully saturated rings. The van der Waals surface area contributed by atoms with Crippen LogP contribution in [0.15, 0.2) is 21.2 Å². The first-order chi connectivity index (χ1) is 7.86. The molecule has 1 heterocycles. The molecule has 0 aliphatic carbocycles. The van der Waals surface area contributed by atoms with Gasteiger partial charge < -0.3 is 15.1 Å². The van der Waals surface area contributed by atoms with Crippen molar-refractivity contribution in [3.8, 4) is 0 Å². The average molecular weight is 303 g/mol. The SMILES string of the molecule is CCCC(C)(N)C(=O)N(C)Cc1ccc(Br)o1. The number of nitrogens with zero attached hydrogens (tertiary/aromatic N) is 1. The van der Waals surface area contributed by atoms with Crippen molar-refractivity contribution in [2.24, 2.45) is 5.73 Å². The van der Waals surface area contributed by atoms with E-state index in [9.17, 15) is 4.79 Å². The molecule has 0 aliphatic rings. The molecule has 1 rings (SSSR count). The smallest absolute Gasteiger partial charge is 0.242 e. The molecule has 0 spiro atoms. The minimum absolute atomic E-state index is 0.0631. The summed E-state index contributed by atoms with van der Waals surface area (Å²) in [5.41, 5.74) is 5.20. The fourth-order valence-corrected chi connectivity index (χ4v) is 2.14. The summed E-state index contributed by atoms with van der Waals surface area (Å²) in [6, 6.07) is 3.64. The standard InChI is InChI=1S/C12H19BrN2O2/c1-4-7-12(2,14)11(16)15(3)8-9-5-6-10(13)17-9/h5-6H,4,7-8,14H2,1-3H3. The number of carbonyl (C=O) groups is 1. The van der Waals surface area contributed by atoms with Crippen molar-refractivity contribution >= 4 is 21.8 Å². The van der Waals surface area contributed by atoms with E-state index in [1.807, 2.05) is 13.0 Å². The summed E-state index contributed by atoms with van der Waals surface area (Å²) in [6.45, 7) is 4.22. The average Bonchev–Trinajstić information content (AvgIpc) is 2.62. The molecule has 4 nitrogen and oxygen atoms in total. The van der Waals surface area contributed by atoms with E-state index < -0.39 is 5.54 Å². The third-order valence-corrected chi connectivity index (χ3v) is 3.05. The highest BCUT2D eigenvalue weighted by atomic mass is 79.9. The highest BCUT2D eigenvalue weighted by molar-refractivity contribution is 9.10. The molecule has 0 radical (unpaired) electrons. The Morgan fingerprint density at radius 3 is 2.71 bits per heavy atom. The van der Waals surface area contributed by atoms with E-state index in [2.05, 4.69) is 15.9 Å². The Morgan fingerprint density at radius 1 is 1.59 bits per heavy atom. The maximum Gasteiger partial charge on any atom is 0.242 e. The molecule has 0 aromatic carbocycles. The van der Waals surface area contributed by atoms with Crippen LogP contribution >= 0.6 is 15.9 Å². The number of halogens is 1. The Bertz CT molecular complexity index is 388. The zero-order valence-electron chi connectivity index (χ0n) is 10.5. The van der Waals surface area contributed by atoms with Gasteiger partial charge in [0, 0.05) is 7.05 Å². The van der Waals surface area contributed by atoms with E-state index in [1.165, 1.54) is 0 Å². The highest BCUT2D eigenvalue weighted by Crippen LogP contribution is 2.17. The van der Waals surface area contributed by atoms with Gasteiger partial charge >= 0.3 is 0 Å². The predicted molar refractivity (Wildman–Crippen MR) is 70.4 cm³/mol. The maximum atomic E-state index is 12.1. The van der Waals surface area contributed by atoms with Gasteiger partial charge in [0.25, 0.3) is 0 Å². The summed E-state index contributed by atoms with van der Waals surface area (Å²) >= 11 is 3.23. The van der Waals surface area contributed by atoms with Crippen LogP contribution in [0, 0.1) is 0 Å². The molecular weight excluding hydrogens is 284 g/mol. The van der Waals surface area contributed by atoms with Crippen LogP contribution in [-0.2, 0) is 11.3 Å². The fourth-order valence-electron chi connectivity index (χ4n) is 1.80. The quantitative estimate of drug-likeness (QED) is 0.909. The van der Waals surface area contributed by atoms with Crippen LogP contribution in [0.2, 0.25) is 0 Å². The van der Waals surface area contributed by atoms with Gasteiger partial charge in [-0.15, -0.1) is 0 Å². The van der Waals surface area contributed by atoms with Gasteiger partial charge in [-0.2, -0.15) is 0 Å². The molecule has 5 heteroatoms. The van der Waals surface area contributed by atoms with E-state index >= 15 is 0 Å². The second-order valence-electron chi connectivity index (χ2n) is 4.53. The fraction of sp³-hybridized carbons (Fsp3) is 0.583. The molecule has 2 N–H and O–H groups in total. The van der Waals surface area contributed by atoms with Crippen molar-refractivity contribution < 1.29 is 9.21 Å². The first kappa shape index (κ1) is 14.3. The van der Waals surface area contributed by atoms with Crippen LogP contribution in [0.25, 0.3) is 0 Å². The maximum absolute atomic E-state index is 12.1. The van der Waals surface area contributed by atoms with Gasteiger partial charge in [-0.3, -0.25) is 4.79 Å². The van der Waals surface area contributed by atoms with Crippen molar-refractivity contribution in [1.29, 1.82) is 0 Å². The van der Waals surface area contributed by atoms with E-state index in [1.54, 1.807) is 24.9 Å². The number of hydrogen-bond acceptors (Lipinski definition) is 3. The second kappa shape index (κ2) is 5.69. The summed E-state index contributed by atoms with van der Waals surface area (Å²) in [7, 11) is 1.74. The van der Waals surface area contributed by atoms with Crippen LogP contribution in [-0.4, -0.2) is 23.4 Å². The third-order valence-electron chi connectivity index (χ3n) is 2.63. The molecule has 1 aromatic heterocycles. The lowest BCUT2D eigenvalue weighted by molar-refractivity contribution is -0.136. The number of furan rings is 1. The number of likely N-dealkylation sites (N-methyl/N-ethyl adjacent to an activating group) is 1. The molecular formula is C12H19BrN2O2. The summed E-state index contributed by atoms with van der Waals surface area (Å²) in [5, 5.41) is 0. The van der Waals surface area contributed by atoms with Gasteiger partial charge in [-0.25, -0.2) is 0 Å². The Balaban J connectivity index is 2.64. The number of rotatable bonds is 5. The van der Waals surface area contributed by atoms with E-state index in [0.717, 1.165) is 12.2 Å². The highest BCUT2D eigenvalue weighted by Gasteiger charge is 2.30. The van der Waals surface area contributed by atoms with Crippen LogP contribution in [0.1, 0.15) is 32.4 Å². The largest absolute Gasteiger partial charge is 0.452 e. The molecule has 1 aromatic rings. The Hall–Kier alpha value is -0.810. The second-order valence-corrected chi connectivity index (χ2v) is 5.32. The van der Waals surface area contributed by atoms with Crippen molar-refractivity contribution in [3.05, 3.63) is 22.6 Å². The summed E-state index contributed by atoms with van der Waals surface area (Å²) in [6.07, 6.45) is 1.57. The molecule has 96 valence electrons. The predicted octanol–water partition coefficient (Wildman–Crippen LogP) is 2.52. The molecule has 0 saturated heterocycles. The van der Waals surface area contributed by atoms with Gasteiger partial charge in [-0.05, 0) is 41.4 Å². The summed E-state index contributed by atoms with van der Waals surface area (Å²) < 4.78 is 6.02. The van der Waals surface area contributed by atoms with Crippen molar-refractivity contribution in [2.75, 3.05) is 7.05 Å². The van der Waals surface area contributed by atoms with Gasteiger partial charge in [0.1, 0.15) is 5.76 Å². The zero-order valence-corrected chi connectivity index (χ0v) is 12.1. The molecule has 1 unspecified atom stereocenters. The number of amides is 1. The zero-order chi connectivity index (χ0) is 13.1. The Labute approximate surface area is 110 Å². The lowest BCUT2D eigenvalue weighted by Crippen LogP contribution is -2.51. The minimum atomic E-state index is -0.798. The lowest BCUT2D eigenvalue weighted by atomic mass is 9.96.